The van der Waals surface area contributed by atoms with Gasteiger partial charge in [-0.05, 0) is 42.5 Å². The molecule has 1 amide bonds. The summed E-state index contributed by atoms with van der Waals surface area (Å²) in [5.41, 5.74) is 1.66. The minimum atomic E-state index is -0.110. The second-order valence-electron chi connectivity index (χ2n) is 4.97. The summed E-state index contributed by atoms with van der Waals surface area (Å²) in [4.78, 5) is 12.1. The molecule has 0 bridgehead atoms. The molecule has 1 aromatic carbocycles. The van der Waals surface area contributed by atoms with E-state index in [0.29, 0.717) is 17.9 Å². The molecule has 22 heavy (non-hydrogen) atoms. The highest BCUT2D eigenvalue weighted by molar-refractivity contribution is 7.08. The maximum atomic E-state index is 12.1. The van der Waals surface area contributed by atoms with Crippen molar-refractivity contribution in [2.45, 2.75) is 26.3 Å². The van der Waals surface area contributed by atoms with Crippen molar-refractivity contribution in [3.8, 4) is 11.5 Å². The fraction of sp³-hybridized carbons (Fsp3) is 0.353. The van der Waals surface area contributed by atoms with Crippen LogP contribution in [-0.4, -0.2) is 19.6 Å². The second-order valence-corrected chi connectivity index (χ2v) is 5.75. The fourth-order valence-electron chi connectivity index (χ4n) is 2.04. The highest BCUT2D eigenvalue weighted by Crippen LogP contribution is 2.30. The predicted molar refractivity (Wildman–Crippen MR) is 89.0 cm³/mol. The molecule has 2 rings (SSSR count). The zero-order chi connectivity index (χ0) is 15.9. The van der Waals surface area contributed by atoms with Gasteiger partial charge in [-0.2, -0.15) is 11.3 Å². The number of carbonyl (C=O) groups excluding carboxylic acids is 1. The average molecular weight is 319 g/mol. The van der Waals surface area contributed by atoms with Gasteiger partial charge < -0.3 is 14.8 Å². The van der Waals surface area contributed by atoms with Crippen LogP contribution in [0.1, 0.15) is 42.2 Å². The number of nitrogens with one attached hydrogen (secondary N) is 1. The van der Waals surface area contributed by atoms with Gasteiger partial charge in [-0.25, -0.2) is 0 Å². The van der Waals surface area contributed by atoms with Gasteiger partial charge in [0.05, 0.1) is 25.3 Å². The Balaban J connectivity index is 2.09. The maximum Gasteiger partial charge on any atom is 0.252 e. The third kappa shape index (κ3) is 4.01. The SMILES string of the molecule is CCCOc1ccc([C@@H](C)NC(=O)c2ccsc2)cc1OC. The molecule has 4 nitrogen and oxygen atoms in total. The first kappa shape index (κ1) is 16.4. The Morgan fingerprint density at radius 1 is 1.32 bits per heavy atom. The zero-order valence-electron chi connectivity index (χ0n) is 13.1. The molecule has 0 aliphatic carbocycles. The first-order valence-corrected chi connectivity index (χ1v) is 8.23. The number of rotatable bonds is 7. The highest BCUT2D eigenvalue weighted by Gasteiger charge is 2.14. The second kappa shape index (κ2) is 7.84. The largest absolute Gasteiger partial charge is 0.493 e. The van der Waals surface area contributed by atoms with Crippen LogP contribution in [-0.2, 0) is 0 Å². The Bertz CT molecular complexity index is 610. The molecule has 0 spiro atoms. The monoisotopic (exact) mass is 319 g/mol. The Morgan fingerprint density at radius 3 is 2.77 bits per heavy atom. The van der Waals surface area contributed by atoms with Crippen LogP contribution in [0.4, 0.5) is 0 Å². The van der Waals surface area contributed by atoms with Gasteiger partial charge in [0.1, 0.15) is 0 Å². The number of methoxy groups -OCH3 is 1. The quantitative estimate of drug-likeness (QED) is 0.838. The molecule has 0 fully saturated rings. The predicted octanol–water partition coefficient (Wildman–Crippen LogP) is 4.04. The summed E-state index contributed by atoms with van der Waals surface area (Å²) in [6.07, 6.45) is 0.942. The lowest BCUT2D eigenvalue weighted by Gasteiger charge is -2.17. The molecule has 1 atom stereocenters. The zero-order valence-corrected chi connectivity index (χ0v) is 13.9. The summed E-state index contributed by atoms with van der Waals surface area (Å²) in [6, 6.07) is 7.45. The number of benzene rings is 1. The Hall–Kier alpha value is -2.01. The van der Waals surface area contributed by atoms with E-state index in [1.165, 1.54) is 11.3 Å². The van der Waals surface area contributed by atoms with Crippen molar-refractivity contribution in [3.63, 3.8) is 0 Å². The molecule has 0 aliphatic heterocycles. The van der Waals surface area contributed by atoms with E-state index in [-0.39, 0.29) is 11.9 Å². The van der Waals surface area contributed by atoms with Crippen molar-refractivity contribution < 1.29 is 14.3 Å². The molecule has 1 N–H and O–H groups in total. The molecule has 0 saturated carbocycles. The number of hydrogen-bond acceptors (Lipinski definition) is 4. The van der Waals surface area contributed by atoms with Gasteiger partial charge in [-0.15, -0.1) is 0 Å². The van der Waals surface area contributed by atoms with Crippen molar-refractivity contribution in [3.05, 3.63) is 46.2 Å². The van der Waals surface area contributed by atoms with Crippen LogP contribution >= 0.6 is 11.3 Å². The smallest absolute Gasteiger partial charge is 0.252 e. The first-order chi connectivity index (χ1) is 10.7. The van der Waals surface area contributed by atoms with Gasteiger partial charge >= 0.3 is 0 Å². The summed E-state index contributed by atoms with van der Waals surface area (Å²) < 4.78 is 11.0. The summed E-state index contributed by atoms with van der Waals surface area (Å²) in [7, 11) is 1.62. The number of amides is 1. The molecule has 0 radical (unpaired) electrons. The topological polar surface area (TPSA) is 47.6 Å². The van der Waals surface area contributed by atoms with E-state index in [1.807, 2.05) is 41.9 Å². The number of ether oxygens (including phenoxy) is 2. The normalized spacial score (nSPS) is 11.8. The van der Waals surface area contributed by atoms with E-state index < -0.39 is 0 Å². The molecule has 5 heteroatoms. The lowest BCUT2D eigenvalue weighted by atomic mass is 10.1. The van der Waals surface area contributed by atoms with Crippen molar-refractivity contribution >= 4 is 17.2 Å². The van der Waals surface area contributed by atoms with Crippen molar-refractivity contribution in [2.24, 2.45) is 0 Å². The van der Waals surface area contributed by atoms with Crippen LogP contribution in [0, 0.1) is 0 Å². The number of thiophene rings is 1. The lowest BCUT2D eigenvalue weighted by molar-refractivity contribution is 0.0940. The summed E-state index contributed by atoms with van der Waals surface area (Å²) in [5.74, 6) is 1.34. The van der Waals surface area contributed by atoms with E-state index in [2.05, 4.69) is 12.2 Å². The van der Waals surface area contributed by atoms with Gasteiger partial charge in [0.15, 0.2) is 11.5 Å². The van der Waals surface area contributed by atoms with E-state index in [4.69, 9.17) is 9.47 Å². The third-order valence-electron chi connectivity index (χ3n) is 3.28. The lowest BCUT2D eigenvalue weighted by Crippen LogP contribution is -2.26. The van der Waals surface area contributed by atoms with Crippen molar-refractivity contribution in [1.82, 2.24) is 5.32 Å². The first-order valence-electron chi connectivity index (χ1n) is 7.29. The van der Waals surface area contributed by atoms with Gasteiger partial charge in [-0.1, -0.05) is 13.0 Å². The Kier molecular flexibility index (Phi) is 5.83. The van der Waals surface area contributed by atoms with Crippen LogP contribution < -0.4 is 14.8 Å². The number of hydrogen-bond donors (Lipinski definition) is 1. The van der Waals surface area contributed by atoms with E-state index in [0.717, 1.165) is 17.7 Å². The molecular formula is C17H21NO3S. The Morgan fingerprint density at radius 2 is 2.14 bits per heavy atom. The fourth-order valence-corrected chi connectivity index (χ4v) is 2.68. The van der Waals surface area contributed by atoms with Crippen LogP contribution in [0.15, 0.2) is 35.0 Å². The maximum absolute atomic E-state index is 12.1. The third-order valence-corrected chi connectivity index (χ3v) is 3.96. The van der Waals surface area contributed by atoms with Crippen molar-refractivity contribution in [2.75, 3.05) is 13.7 Å². The van der Waals surface area contributed by atoms with Crippen LogP contribution in [0.5, 0.6) is 11.5 Å². The standard InChI is InChI=1S/C17H21NO3S/c1-4-8-21-15-6-5-13(10-16(15)20-3)12(2)18-17(19)14-7-9-22-11-14/h5-7,9-12H,4,8H2,1-3H3,(H,18,19)/t12-/m1/s1. The van der Waals surface area contributed by atoms with Gasteiger partial charge in [0, 0.05) is 5.38 Å². The number of carbonyl (C=O) groups is 1. The minimum absolute atomic E-state index is 0.0703. The van der Waals surface area contributed by atoms with Gasteiger partial charge in [0.25, 0.3) is 5.91 Å². The summed E-state index contributed by atoms with van der Waals surface area (Å²) in [6.45, 7) is 4.66. The summed E-state index contributed by atoms with van der Waals surface area (Å²) >= 11 is 1.51. The van der Waals surface area contributed by atoms with Crippen molar-refractivity contribution in [1.29, 1.82) is 0 Å². The van der Waals surface area contributed by atoms with Gasteiger partial charge in [-0.3, -0.25) is 4.79 Å². The molecule has 0 aliphatic rings. The highest BCUT2D eigenvalue weighted by atomic mass is 32.1. The molecule has 0 unspecified atom stereocenters. The molecular weight excluding hydrogens is 298 g/mol. The van der Waals surface area contributed by atoms with Gasteiger partial charge in [0.2, 0.25) is 0 Å². The summed E-state index contributed by atoms with van der Waals surface area (Å²) in [5, 5.41) is 6.71. The van der Waals surface area contributed by atoms with Crippen LogP contribution in [0.2, 0.25) is 0 Å². The molecule has 0 saturated heterocycles. The molecule has 118 valence electrons. The Labute approximate surface area is 135 Å². The van der Waals surface area contributed by atoms with E-state index in [1.54, 1.807) is 7.11 Å². The molecule has 2 aromatic rings. The van der Waals surface area contributed by atoms with E-state index in [9.17, 15) is 4.79 Å². The van der Waals surface area contributed by atoms with Crippen LogP contribution in [0.3, 0.4) is 0 Å². The van der Waals surface area contributed by atoms with Crippen LogP contribution in [0.25, 0.3) is 0 Å². The van der Waals surface area contributed by atoms with E-state index >= 15 is 0 Å². The molecule has 1 aromatic heterocycles. The average Bonchev–Trinajstić information content (AvgIpc) is 3.07. The molecule has 1 heterocycles. The minimum Gasteiger partial charge on any atom is -0.493 e.